The number of rotatable bonds is 3. The van der Waals surface area contributed by atoms with Crippen LogP contribution in [0.15, 0.2) is 97.1 Å². The first kappa shape index (κ1) is 14.5. The van der Waals surface area contributed by atoms with Crippen molar-refractivity contribution < 1.29 is 0 Å². The predicted molar refractivity (Wildman–Crippen MR) is 102 cm³/mol. The van der Waals surface area contributed by atoms with E-state index < -0.39 is 0 Å². The van der Waals surface area contributed by atoms with E-state index in [0.29, 0.717) is 0 Å². The normalized spacial score (nSPS) is 13.2. The average molecular weight is 309 g/mol. The van der Waals surface area contributed by atoms with E-state index in [2.05, 4.69) is 102 Å². The summed E-state index contributed by atoms with van der Waals surface area (Å²) in [6.07, 6.45) is 6.38. The zero-order valence-corrected chi connectivity index (χ0v) is 13.4. The van der Waals surface area contributed by atoms with Crippen LogP contribution in [0.3, 0.4) is 0 Å². The first-order valence-corrected chi connectivity index (χ1v) is 8.28. The minimum atomic E-state index is 0.879. The molecule has 1 nitrogen and oxygen atoms in total. The second-order valence-corrected chi connectivity index (χ2v) is 5.88. The Labute approximate surface area is 143 Å². The van der Waals surface area contributed by atoms with Gasteiger partial charge < -0.3 is 5.32 Å². The summed E-state index contributed by atoms with van der Waals surface area (Å²) in [4.78, 5) is 0. The van der Waals surface area contributed by atoms with Crippen molar-refractivity contribution in [2.75, 3.05) is 6.54 Å². The van der Waals surface area contributed by atoms with Crippen LogP contribution in [0.4, 0.5) is 0 Å². The molecule has 0 saturated heterocycles. The summed E-state index contributed by atoms with van der Waals surface area (Å²) in [6, 6.07) is 27.9. The summed E-state index contributed by atoms with van der Waals surface area (Å²) >= 11 is 0. The van der Waals surface area contributed by atoms with E-state index in [-0.39, 0.29) is 0 Å². The summed E-state index contributed by atoms with van der Waals surface area (Å²) < 4.78 is 0. The molecule has 0 spiro atoms. The summed E-state index contributed by atoms with van der Waals surface area (Å²) in [5, 5.41) is 3.47. The van der Waals surface area contributed by atoms with Gasteiger partial charge in [-0.1, -0.05) is 84.9 Å². The van der Waals surface area contributed by atoms with Crippen molar-refractivity contribution in [3.05, 3.63) is 103 Å². The summed E-state index contributed by atoms with van der Waals surface area (Å²) in [5.41, 5.74) is 7.40. The van der Waals surface area contributed by atoms with Crippen molar-refractivity contribution in [2.24, 2.45) is 0 Å². The van der Waals surface area contributed by atoms with E-state index in [1.165, 1.54) is 33.5 Å². The largest absolute Gasteiger partial charge is 0.381 e. The van der Waals surface area contributed by atoms with Gasteiger partial charge in [0.25, 0.3) is 0 Å². The van der Waals surface area contributed by atoms with Crippen molar-refractivity contribution in [2.45, 2.75) is 0 Å². The molecule has 1 aliphatic rings. The fraction of sp³-hybridized carbons (Fsp3) is 0.0435. The molecule has 0 saturated carbocycles. The molecule has 0 radical (unpaired) electrons. The third kappa shape index (κ3) is 2.89. The van der Waals surface area contributed by atoms with E-state index in [4.69, 9.17) is 0 Å². The van der Waals surface area contributed by atoms with Gasteiger partial charge in [-0.2, -0.15) is 0 Å². The Kier molecular flexibility index (Phi) is 3.99. The molecule has 1 aliphatic heterocycles. The highest BCUT2D eigenvalue weighted by Crippen LogP contribution is 2.31. The summed E-state index contributed by atoms with van der Waals surface area (Å²) in [7, 11) is 0. The zero-order chi connectivity index (χ0) is 16.2. The fourth-order valence-electron chi connectivity index (χ4n) is 3.11. The molecular formula is C23H19N. The molecule has 1 N–H and O–H groups in total. The van der Waals surface area contributed by atoms with E-state index in [9.17, 15) is 0 Å². The van der Waals surface area contributed by atoms with Gasteiger partial charge in [0.15, 0.2) is 0 Å². The van der Waals surface area contributed by atoms with Crippen LogP contribution in [-0.4, -0.2) is 6.54 Å². The molecule has 0 amide bonds. The van der Waals surface area contributed by atoms with Gasteiger partial charge in [0.1, 0.15) is 0 Å². The van der Waals surface area contributed by atoms with E-state index >= 15 is 0 Å². The van der Waals surface area contributed by atoms with Crippen LogP contribution in [0, 0.1) is 0 Å². The molecule has 0 aromatic heterocycles. The highest BCUT2D eigenvalue weighted by Gasteiger charge is 2.10. The van der Waals surface area contributed by atoms with Gasteiger partial charge in [-0.05, 0) is 34.4 Å². The van der Waals surface area contributed by atoms with Crippen LogP contribution in [-0.2, 0) is 0 Å². The SMILES string of the molecule is C1=CCNC(c2ccccc2-c2cccc(-c3ccccc3)c2)=C1. The molecule has 1 heteroatoms. The lowest BCUT2D eigenvalue weighted by molar-refractivity contribution is 0.996. The monoisotopic (exact) mass is 309 g/mol. The quantitative estimate of drug-likeness (QED) is 0.671. The number of benzene rings is 3. The Balaban J connectivity index is 1.80. The van der Waals surface area contributed by atoms with Gasteiger partial charge >= 0.3 is 0 Å². The van der Waals surface area contributed by atoms with Crippen LogP contribution in [0.25, 0.3) is 28.0 Å². The minimum Gasteiger partial charge on any atom is -0.381 e. The zero-order valence-electron chi connectivity index (χ0n) is 13.4. The van der Waals surface area contributed by atoms with Gasteiger partial charge in [-0.3, -0.25) is 0 Å². The molecule has 0 aliphatic carbocycles. The molecule has 3 aromatic carbocycles. The van der Waals surface area contributed by atoms with Gasteiger partial charge in [0, 0.05) is 17.8 Å². The van der Waals surface area contributed by atoms with Gasteiger partial charge in [-0.15, -0.1) is 0 Å². The maximum absolute atomic E-state index is 3.47. The molecule has 1 heterocycles. The molecule has 0 fully saturated rings. The molecule has 24 heavy (non-hydrogen) atoms. The standard InChI is InChI=1S/C23H19N/c1-2-9-18(10-3-1)19-11-8-12-20(17-19)21-13-4-5-14-22(21)23-15-6-7-16-24-23/h1-15,17,24H,16H2. The second kappa shape index (κ2) is 6.59. The number of allylic oxidation sites excluding steroid dienone is 2. The summed E-state index contributed by atoms with van der Waals surface area (Å²) in [6.45, 7) is 0.879. The lowest BCUT2D eigenvalue weighted by Gasteiger charge is -2.17. The maximum atomic E-state index is 3.47. The average Bonchev–Trinajstić information content (AvgIpc) is 2.69. The van der Waals surface area contributed by atoms with Gasteiger partial charge in [0.2, 0.25) is 0 Å². The van der Waals surface area contributed by atoms with Crippen LogP contribution >= 0.6 is 0 Å². The topological polar surface area (TPSA) is 12.0 Å². The number of hydrogen-bond donors (Lipinski definition) is 1. The Bertz CT molecular complexity index is 904. The van der Waals surface area contributed by atoms with E-state index in [0.717, 1.165) is 6.54 Å². The number of hydrogen-bond acceptors (Lipinski definition) is 1. The molecule has 0 atom stereocenters. The third-order valence-electron chi connectivity index (χ3n) is 4.31. The van der Waals surface area contributed by atoms with E-state index in [1.54, 1.807) is 0 Å². The smallest absolute Gasteiger partial charge is 0.0422 e. The van der Waals surface area contributed by atoms with Crippen molar-refractivity contribution in [1.29, 1.82) is 0 Å². The third-order valence-corrected chi connectivity index (χ3v) is 4.31. The molecule has 4 rings (SSSR count). The highest BCUT2D eigenvalue weighted by atomic mass is 14.9. The lowest BCUT2D eigenvalue weighted by atomic mass is 9.94. The van der Waals surface area contributed by atoms with Crippen molar-refractivity contribution in [1.82, 2.24) is 5.32 Å². The van der Waals surface area contributed by atoms with Gasteiger partial charge in [0.05, 0.1) is 0 Å². The minimum absolute atomic E-state index is 0.879. The number of nitrogens with one attached hydrogen (secondary N) is 1. The highest BCUT2D eigenvalue weighted by molar-refractivity contribution is 5.83. The molecule has 0 bridgehead atoms. The molecule has 0 unspecified atom stereocenters. The Morgan fingerprint density at radius 3 is 2.12 bits per heavy atom. The first-order chi connectivity index (χ1) is 11.9. The fourth-order valence-corrected chi connectivity index (χ4v) is 3.11. The second-order valence-electron chi connectivity index (χ2n) is 5.88. The van der Waals surface area contributed by atoms with Gasteiger partial charge in [-0.25, -0.2) is 0 Å². The lowest BCUT2D eigenvalue weighted by Crippen LogP contribution is -2.14. The van der Waals surface area contributed by atoms with Crippen LogP contribution < -0.4 is 5.32 Å². The maximum Gasteiger partial charge on any atom is 0.0422 e. The Morgan fingerprint density at radius 1 is 0.625 bits per heavy atom. The molecule has 116 valence electrons. The van der Waals surface area contributed by atoms with Crippen molar-refractivity contribution >= 4 is 5.70 Å². The molecular weight excluding hydrogens is 290 g/mol. The number of dihydropyridines is 1. The Hall–Kier alpha value is -3.06. The van der Waals surface area contributed by atoms with E-state index in [1.807, 2.05) is 0 Å². The van der Waals surface area contributed by atoms with Crippen LogP contribution in [0.5, 0.6) is 0 Å². The predicted octanol–water partition coefficient (Wildman–Crippen LogP) is 5.52. The van der Waals surface area contributed by atoms with Crippen LogP contribution in [0.1, 0.15) is 5.56 Å². The van der Waals surface area contributed by atoms with Crippen molar-refractivity contribution in [3.63, 3.8) is 0 Å². The first-order valence-electron chi connectivity index (χ1n) is 8.28. The van der Waals surface area contributed by atoms with Crippen molar-refractivity contribution in [3.8, 4) is 22.3 Å². The Morgan fingerprint density at radius 2 is 1.33 bits per heavy atom. The summed E-state index contributed by atoms with van der Waals surface area (Å²) in [5.74, 6) is 0. The molecule has 3 aromatic rings. The van der Waals surface area contributed by atoms with Crippen LogP contribution in [0.2, 0.25) is 0 Å².